The maximum Gasteiger partial charge on any atom is 0.0609 e. The molecular weight excluding hydrogens is 312 g/mol. The van der Waals surface area contributed by atoms with Crippen molar-refractivity contribution in [1.29, 1.82) is 0 Å². The maximum atomic E-state index is 7.76. The maximum absolute atomic E-state index is 7.76. The standard InChI is InChI=1S/C13H14.C4H10S.C3H6O.C2H6/c1-3-5-9-12(4-2)13-10-7-6-8-11-13;1-4(2)5-3;1-2-3-4;1-2/h3-11H,2H2,1H3;4H,1-3H3;2,4H,1,3H2;1-2H3/b5-3-,12-9+;;;. The van der Waals surface area contributed by atoms with E-state index in [4.69, 9.17) is 5.11 Å². The normalized spacial score (nSPS) is 9.75. The molecule has 0 fully saturated rings. The molecule has 0 heterocycles. The Morgan fingerprint density at radius 1 is 1.17 bits per heavy atom. The van der Waals surface area contributed by atoms with Crippen LogP contribution in [0.3, 0.4) is 0 Å². The first-order valence-electron chi connectivity index (χ1n) is 8.32. The van der Waals surface area contributed by atoms with Gasteiger partial charge in [-0.3, -0.25) is 0 Å². The van der Waals surface area contributed by atoms with E-state index in [1.807, 2.05) is 69.0 Å². The van der Waals surface area contributed by atoms with Gasteiger partial charge < -0.3 is 5.11 Å². The minimum absolute atomic E-state index is 0.0833. The second-order valence-corrected chi connectivity index (χ2v) is 5.89. The summed E-state index contributed by atoms with van der Waals surface area (Å²) in [5.74, 6) is 0. The van der Waals surface area contributed by atoms with Gasteiger partial charge in [0, 0.05) is 0 Å². The predicted octanol–water partition coefficient (Wildman–Crippen LogP) is 6.78. The van der Waals surface area contributed by atoms with E-state index in [0.717, 1.165) is 10.8 Å². The van der Waals surface area contributed by atoms with Crippen LogP contribution < -0.4 is 0 Å². The SMILES string of the molecule is C=C/C(=C\C=C/C)c1ccccc1.C=CCO.CC.CSC(C)C. The van der Waals surface area contributed by atoms with Crippen LogP contribution in [0.5, 0.6) is 0 Å². The van der Waals surface area contributed by atoms with E-state index >= 15 is 0 Å². The van der Waals surface area contributed by atoms with Gasteiger partial charge in [-0.2, -0.15) is 11.8 Å². The summed E-state index contributed by atoms with van der Waals surface area (Å²) in [4.78, 5) is 0. The number of hydrogen-bond acceptors (Lipinski definition) is 2. The molecule has 1 aromatic rings. The van der Waals surface area contributed by atoms with Gasteiger partial charge in [0.25, 0.3) is 0 Å². The van der Waals surface area contributed by atoms with Crippen molar-refractivity contribution >= 4 is 17.3 Å². The van der Waals surface area contributed by atoms with Gasteiger partial charge in [0.15, 0.2) is 0 Å². The van der Waals surface area contributed by atoms with E-state index in [-0.39, 0.29) is 6.61 Å². The number of aliphatic hydroxyl groups is 1. The molecule has 1 nitrogen and oxygen atoms in total. The highest BCUT2D eigenvalue weighted by atomic mass is 32.2. The number of thioether (sulfide) groups is 1. The van der Waals surface area contributed by atoms with Crippen molar-refractivity contribution < 1.29 is 5.11 Å². The Morgan fingerprint density at radius 3 is 1.92 bits per heavy atom. The third kappa shape index (κ3) is 20.5. The molecule has 1 aromatic carbocycles. The summed E-state index contributed by atoms with van der Waals surface area (Å²) in [5.41, 5.74) is 2.36. The molecule has 0 unspecified atom stereocenters. The van der Waals surface area contributed by atoms with Gasteiger partial charge in [0.2, 0.25) is 0 Å². The van der Waals surface area contributed by atoms with Crippen molar-refractivity contribution in [2.45, 2.75) is 39.9 Å². The average Bonchev–Trinajstić information content (AvgIpc) is 2.65. The second kappa shape index (κ2) is 23.8. The van der Waals surface area contributed by atoms with E-state index in [1.54, 1.807) is 0 Å². The van der Waals surface area contributed by atoms with Crippen LogP contribution in [0.2, 0.25) is 0 Å². The molecule has 0 aliphatic heterocycles. The predicted molar refractivity (Wildman–Crippen MR) is 117 cm³/mol. The van der Waals surface area contributed by atoms with Gasteiger partial charge in [-0.25, -0.2) is 0 Å². The second-order valence-electron chi connectivity index (χ2n) is 4.47. The van der Waals surface area contributed by atoms with E-state index in [1.165, 1.54) is 11.6 Å². The largest absolute Gasteiger partial charge is 0.392 e. The van der Waals surface area contributed by atoms with Gasteiger partial charge in [-0.1, -0.05) is 95.0 Å². The van der Waals surface area contributed by atoms with Crippen molar-refractivity contribution in [2.24, 2.45) is 0 Å². The zero-order valence-corrected chi connectivity index (χ0v) is 17.1. The molecule has 0 amide bonds. The lowest BCUT2D eigenvalue weighted by molar-refractivity contribution is 0.343. The minimum atomic E-state index is 0.0833. The summed E-state index contributed by atoms with van der Waals surface area (Å²) in [6.07, 6.45) is 11.5. The molecule has 0 atom stereocenters. The van der Waals surface area contributed by atoms with Crippen LogP contribution in [0, 0.1) is 0 Å². The van der Waals surface area contributed by atoms with E-state index in [9.17, 15) is 0 Å². The molecule has 0 saturated heterocycles. The van der Waals surface area contributed by atoms with Crippen LogP contribution in [0.15, 0.2) is 73.9 Å². The van der Waals surface area contributed by atoms with Crippen LogP contribution in [-0.2, 0) is 0 Å². The first kappa shape index (κ1) is 27.3. The molecule has 136 valence electrons. The summed E-state index contributed by atoms with van der Waals surface area (Å²) < 4.78 is 0. The fourth-order valence-electron chi connectivity index (χ4n) is 1.11. The van der Waals surface area contributed by atoms with Crippen LogP contribution in [0.4, 0.5) is 0 Å². The van der Waals surface area contributed by atoms with Gasteiger partial charge in [-0.05, 0) is 29.6 Å². The molecule has 0 aliphatic carbocycles. The lowest BCUT2D eigenvalue weighted by Crippen LogP contribution is -1.79. The number of hydrogen-bond donors (Lipinski definition) is 1. The van der Waals surface area contributed by atoms with E-state index < -0.39 is 0 Å². The number of benzene rings is 1. The smallest absolute Gasteiger partial charge is 0.0609 e. The van der Waals surface area contributed by atoms with Crippen molar-refractivity contribution in [3.05, 3.63) is 79.4 Å². The summed E-state index contributed by atoms with van der Waals surface area (Å²) >= 11 is 1.88. The van der Waals surface area contributed by atoms with Gasteiger partial charge in [-0.15, -0.1) is 6.58 Å². The Kier molecular flexibility index (Phi) is 27.1. The molecule has 0 aromatic heterocycles. The third-order valence-corrected chi connectivity index (χ3v) is 3.34. The average molecular weight is 349 g/mol. The fraction of sp³-hybridized carbons (Fsp3) is 0.364. The molecule has 0 radical (unpaired) electrons. The Labute approximate surface area is 154 Å². The number of aliphatic hydroxyl groups excluding tert-OH is 1. The number of allylic oxidation sites excluding steroid dienone is 5. The molecule has 0 bridgehead atoms. The molecule has 2 heteroatoms. The summed E-state index contributed by atoms with van der Waals surface area (Å²) in [7, 11) is 0. The molecule has 0 aliphatic rings. The fourth-order valence-corrected chi connectivity index (χ4v) is 1.11. The highest BCUT2D eigenvalue weighted by molar-refractivity contribution is 7.99. The Hall–Kier alpha value is -1.51. The highest BCUT2D eigenvalue weighted by Gasteiger charge is 1.92. The minimum Gasteiger partial charge on any atom is -0.392 e. The topological polar surface area (TPSA) is 20.2 Å². The zero-order chi connectivity index (χ0) is 19.2. The van der Waals surface area contributed by atoms with Crippen LogP contribution >= 0.6 is 11.8 Å². The summed E-state index contributed by atoms with van der Waals surface area (Å²) in [6.45, 7) is 17.5. The van der Waals surface area contributed by atoms with Crippen LogP contribution in [-0.4, -0.2) is 23.2 Å². The third-order valence-electron chi connectivity index (χ3n) is 2.40. The monoisotopic (exact) mass is 348 g/mol. The van der Waals surface area contributed by atoms with E-state index in [2.05, 4.69) is 51.5 Å². The van der Waals surface area contributed by atoms with Crippen molar-refractivity contribution in [3.63, 3.8) is 0 Å². The van der Waals surface area contributed by atoms with Crippen LogP contribution in [0.25, 0.3) is 5.57 Å². The Balaban J connectivity index is -0.000000333. The molecular formula is C22H36OS. The highest BCUT2D eigenvalue weighted by Crippen LogP contribution is 2.14. The molecule has 0 spiro atoms. The summed E-state index contributed by atoms with van der Waals surface area (Å²) in [6, 6.07) is 10.2. The van der Waals surface area contributed by atoms with Crippen molar-refractivity contribution in [2.75, 3.05) is 12.9 Å². The van der Waals surface area contributed by atoms with Crippen molar-refractivity contribution in [3.8, 4) is 0 Å². The lowest BCUT2D eigenvalue weighted by Gasteiger charge is -1.99. The molecule has 1 N–H and O–H groups in total. The first-order valence-corrected chi connectivity index (χ1v) is 9.61. The first-order chi connectivity index (χ1) is 11.6. The van der Waals surface area contributed by atoms with Gasteiger partial charge in [0.05, 0.1) is 6.61 Å². The Bertz CT molecular complexity index is 431. The lowest BCUT2D eigenvalue weighted by atomic mass is 10.1. The molecule has 24 heavy (non-hydrogen) atoms. The Morgan fingerprint density at radius 2 is 1.62 bits per heavy atom. The molecule has 0 saturated carbocycles. The summed E-state index contributed by atoms with van der Waals surface area (Å²) in [5, 5.41) is 8.56. The van der Waals surface area contributed by atoms with Crippen LogP contribution in [0.1, 0.15) is 40.2 Å². The van der Waals surface area contributed by atoms with Gasteiger partial charge in [0.1, 0.15) is 0 Å². The zero-order valence-electron chi connectivity index (χ0n) is 16.3. The van der Waals surface area contributed by atoms with Gasteiger partial charge >= 0.3 is 0 Å². The number of rotatable bonds is 5. The van der Waals surface area contributed by atoms with E-state index in [0.29, 0.717) is 0 Å². The quantitative estimate of drug-likeness (QED) is 0.467. The van der Waals surface area contributed by atoms with Crippen molar-refractivity contribution in [1.82, 2.24) is 0 Å². The molecule has 1 rings (SSSR count).